The number of nitrogens with zero attached hydrogens (tertiary/aromatic N) is 2. The third kappa shape index (κ3) is 3.14. The molecule has 1 aliphatic heterocycles. The van der Waals surface area contributed by atoms with E-state index in [9.17, 15) is 14.4 Å². The zero-order valence-electron chi connectivity index (χ0n) is 12.0. The number of halogens is 1. The van der Waals surface area contributed by atoms with Gasteiger partial charge in [0.15, 0.2) is 0 Å². The summed E-state index contributed by atoms with van der Waals surface area (Å²) in [6, 6.07) is 10.3. The van der Waals surface area contributed by atoms with Crippen LogP contribution >= 0.6 is 15.9 Å². The maximum Gasteiger partial charge on any atom is 0.280 e. The zero-order chi connectivity index (χ0) is 16.4. The summed E-state index contributed by atoms with van der Waals surface area (Å²) in [4.78, 5) is 41.2. The van der Waals surface area contributed by atoms with Crippen molar-refractivity contribution in [3.63, 3.8) is 0 Å². The molecule has 0 aliphatic carbocycles. The van der Waals surface area contributed by atoms with E-state index in [0.29, 0.717) is 5.69 Å². The number of hydrogen-bond donors (Lipinski definition) is 1. The van der Waals surface area contributed by atoms with Crippen LogP contribution in [0.3, 0.4) is 0 Å². The normalized spacial score (nSPS) is 13.2. The number of amides is 3. The van der Waals surface area contributed by atoms with Crippen LogP contribution in [-0.2, 0) is 4.79 Å². The second-order valence-electron chi connectivity index (χ2n) is 4.97. The van der Waals surface area contributed by atoms with Crippen molar-refractivity contribution >= 4 is 39.3 Å². The number of hydrogen-bond acceptors (Lipinski definition) is 4. The fourth-order valence-electron chi connectivity index (χ4n) is 2.32. The molecule has 0 spiro atoms. The van der Waals surface area contributed by atoms with Gasteiger partial charge in [-0.25, -0.2) is 0 Å². The van der Waals surface area contributed by atoms with Crippen LogP contribution in [0.15, 0.2) is 47.1 Å². The third-order valence-electron chi connectivity index (χ3n) is 3.40. The van der Waals surface area contributed by atoms with Crippen LogP contribution in [0.2, 0.25) is 0 Å². The first kappa shape index (κ1) is 15.4. The highest BCUT2D eigenvalue weighted by Gasteiger charge is 2.36. The third-order valence-corrected chi connectivity index (χ3v) is 3.90. The van der Waals surface area contributed by atoms with E-state index in [4.69, 9.17) is 0 Å². The molecule has 1 aromatic heterocycles. The van der Waals surface area contributed by atoms with Gasteiger partial charge >= 0.3 is 0 Å². The second kappa shape index (κ2) is 6.29. The molecule has 1 aliphatic rings. The van der Waals surface area contributed by atoms with E-state index in [-0.39, 0.29) is 30.1 Å². The van der Waals surface area contributed by atoms with Crippen molar-refractivity contribution in [2.45, 2.75) is 6.42 Å². The predicted molar refractivity (Wildman–Crippen MR) is 87.0 cm³/mol. The Morgan fingerprint density at radius 1 is 1.17 bits per heavy atom. The lowest BCUT2D eigenvalue weighted by Crippen LogP contribution is -2.33. The first-order valence-corrected chi connectivity index (χ1v) is 7.72. The maximum atomic E-state index is 12.1. The summed E-state index contributed by atoms with van der Waals surface area (Å²) in [6.07, 6.45) is 1.49. The molecule has 0 fully saturated rings. The van der Waals surface area contributed by atoms with Gasteiger partial charge in [0, 0.05) is 29.3 Å². The number of benzene rings is 1. The van der Waals surface area contributed by atoms with Gasteiger partial charge in [-0.3, -0.25) is 24.3 Å². The van der Waals surface area contributed by atoms with E-state index >= 15 is 0 Å². The Labute approximate surface area is 140 Å². The van der Waals surface area contributed by atoms with Gasteiger partial charge in [-0.05, 0) is 30.3 Å². The van der Waals surface area contributed by atoms with Crippen LogP contribution < -0.4 is 5.32 Å². The molecule has 7 heteroatoms. The fourth-order valence-corrected chi connectivity index (χ4v) is 2.72. The summed E-state index contributed by atoms with van der Waals surface area (Å²) in [6.45, 7) is 0.0217. The maximum absolute atomic E-state index is 12.1. The average Bonchev–Trinajstić information content (AvgIpc) is 2.77. The first-order chi connectivity index (χ1) is 11.1. The number of aromatic nitrogens is 1. The summed E-state index contributed by atoms with van der Waals surface area (Å²) in [5.74, 6) is -1.14. The minimum Gasteiger partial charge on any atom is -0.326 e. The molecular formula is C16H12BrN3O3. The molecular weight excluding hydrogens is 362 g/mol. The van der Waals surface area contributed by atoms with Gasteiger partial charge < -0.3 is 5.32 Å². The van der Waals surface area contributed by atoms with Gasteiger partial charge in [-0.1, -0.05) is 22.0 Å². The average molecular weight is 374 g/mol. The number of anilines is 1. The van der Waals surface area contributed by atoms with E-state index in [1.54, 1.807) is 30.3 Å². The molecule has 6 nitrogen and oxygen atoms in total. The zero-order valence-corrected chi connectivity index (χ0v) is 13.5. The first-order valence-electron chi connectivity index (χ1n) is 6.93. The number of nitrogens with one attached hydrogen (secondary N) is 1. The van der Waals surface area contributed by atoms with Crippen LogP contribution in [-0.4, -0.2) is 34.2 Å². The van der Waals surface area contributed by atoms with Crippen molar-refractivity contribution in [1.29, 1.82) is 0 Å². The Balaban J connectivity index is 1.62. The number of rotatable bonds is 4. The van der Waals surface area contributed by atoms with Crippen LogP contribution in [0.4, 0.5) is 5.69 Å². The van der Waals surface area contributed by atoms with Crippen molar-refractivity contribution in [2.24, 2.45) is 0 Å². The van der Waals surface area contributed by atoms with E-state index < -0.39 is 11.8 Å². The molecule has 3 rings (SSSR count). The molecule has 116 valence electrons. The highest BCUT2D eigenvalue weighted by molar-refractivity contribution is 9.10. The lowest BCUT2D eigenvalue weighted by atomic mass is 10.2. The van der Waals surface area contributed by atoms with Crippen LogP contribution in [0, 0.1) is 0 Å². The molecule has 0 saturated carbocycles. The lowest BCUT2D eigenvalue weighted by Gasteiger charge is -2.13. The fraction of sp³-hybridized carbons (Fsp3) is 0.125. The summed E-state index contributed by atoms with van der Waals surface area (Å²) >= 11 is 3.32. The van der Waals surface area contributed by atoms with E-state index in [1.807, 2.05) is 6.07 Å². The largest absolute Gasteiger partial charge is 0.326 e. The monoisotopic (exact) mass is 373 g/mol. The molecule has 1 N–H and O–H groups in total. The molecule has 3 amide bonds. The van der Waals surface area contributed by atoms with Crippen molar-refractivity contribution < 1.29 is 14.4 Å². The Morgan fingerprint density at radius 2 is 2.00 bits per heavy atom. The summed E-state index contributed by atoms with van der Waals surface area (Å²) in [7, 11) is 0. The Bertz CT molecular complexity index is 772. The van der Waals surface area contributed by atoms with Gasteiger partial charge in [0.2, 0.25) is 5.91 Å². The molecule has 2 aromatic rings. The van der Waals surface area contributed by atoms with E-state index in [1.165, 1.54) is 6.20 Å². The van der Waals surface area contributed by atoms with Crippen molar-refractivity contribution in [3.8, 4) is 0 Å². The number of pyridine rings is 1. The molecule has 0 bridgehead atoms. The minimum absolute atomic E-state index is 0.0217. The SMILES string of the molecule is O=C(CCN1C(=O)c2cccnc2C1=O)Nc1cccc(Br)c1. The van der Waals surface area contributed by atoms with E-state index in [0.717, 1.165) is 9.37 Å². The predicted octanol–water partition coefficient (Wildman–Crippen LogP) is 2.47. The Hall–Kier alpha value is -2.54. The highest BCUT2D eigenvalue weighted by Crippen LogP contribution is 2.21. The standard InChI is InChI=1S/C16H12BrN3O3/c17-10-3-1-4-11(9-10)19-13(21)6-8-20-15(22)12-5-2-7-18-14(12)16(20)23/h1-5,7,9H,6,8H2,(H,19,21). The van der Waals surface area contributed by atoms with Crippen molar-refractivity contribution in [1.82, 2.24) is 9.88 Å². The van der Waals surface area contributed by atoms with Crippen molar-refractivity contribution in [2.75, 3.05) is 11.9 Å². The second-order valence-corrected chi connectivity index (χ2v) is 5.89. The van der Waals surface area contributed by atoms with Gasteiger partial charge in [-0.2, -0.15) is 0 Å². The molecule has 2 heterocycles. The summed E-state index contributed by atoms with van der Waals surface area (Å²) in [5, 5.41) is 2.72. The Kier molecular flexibility index (Phi) is 4.20. The smallest absolute Gasteiger partial charge is 0.280 e. The minimum atomic E-state index is -0.458. The lowest BCUT2D eigenvalue weighted by molar-refractivity contribution is -0.116. The number of fused-ring (bicyclic) bond motifs is 1. The molecule has 0 saturated heterocycles. The van der Waals surface area contributed by atoms with Gasteiger partial charge in [-0.15, -0.1) is 0 Å². The topological polar surface area (TPSA) is 79.4 Å². The highest BCUT2D eigenvalue weighted by atomic mass is 79.9. The molecule has 23 heavy (non-hydrogen) atoms. The number of imide groups is 1. The molecule has 0 atom stereocenters. The van der Waals surface area contributed by atoms with Gasteiger partial charge in [0.1, 0.15) is 5.69 Å². The molecule has 0 unspecified atom stereocenters. The van der Waals surface area contributed by atoms with Crippen LogP contribution in [0.25, 0.3) is 0 Å². The van der Waals surface area contributed by atoms with E-state index in [2.05, 4.69) is 26.2 Å². The summed E-state index contributed by atoms with van der Waals surface area (Å²) < 4.78 is 0.849. The molecule has 0 radical (unpaired) electrons. The quantitative estimate of drug-likeness (QED) is 0.834. The summed E-state index contributed by atoms with van der Waals surface area (Å²) in [5.41, 5.74) is 1.07. The Morgan fingerprint density at radius 3 is 2.74 bits per heavy atom. The number of carbonyl (C=O) groups excluding carboxylic acids is 3. The van der Waals surface area contributed by atoms with Gasteiger partial charge in [0.05, 0.1) is 5.56 Å². The van der Waals surface area contributed by atoms with Crippen molar-refractivity contribution in [3.05, 3.63) is 58.3 Å². The van der Waals surface area contributed by atoms with Gasteiger partial charge in [0.25, 0.3) is 11.8 Å². The van der Waals surface area contributed by atoms with Crippen LogP contribution in [0.1, 0.15) is 27.3 Å². The molecule has 1 aromatic carbocycles. The van der Waals surface area contributed by atoms with Crippen LogP contribution in [0.5, 0.6) is 0 Å². The number of carbonyl (C=O) groups is 3.